The van der Waals surface area contributed by atoms with E-state index in [0.29, 0.717) is 4.88 Å². The van der Waals surface area contributed by atoms with E-state index in [1.165, 1.54) is 12.1 Å². The van der Waals surface area contributed by atoms with E-state index in [1.807, 2.05) is 31.2 Å². The van der Waals surface area contributed by atoms with E-state index in [1.54, 1.807) is 12.1 Å². The second-order valence-electron chi connectivity index (χ2n) is 4.27. The van der Waals surface area contributed by atoms with Gasteiger partial charge in [-0.3, -0.25) is 14.9 Å². The lowest BCUT2D eigenvalue weighted by molar-refractivity contribution is -0.380. The highest BCUT2D eigenvalue weighted by Crippen LogP contribution is 2.24. The molecule has 5 nitrogen and oxygen atoms in total. The number of carbonyl (C=O) groups is 1. The number of nitro groups is 1. The van der Waals surface area contributed by atoms with Gasteiger partial charge in [0.15, 0.2) is 0 Å². The zero-order valence-corrected chi connectivity index (χ0v) is 12.2. The van der Waals surface area contributed by atoms with Gasteiger partial charge in [-0.05, 0) is 30.2 Å². The molecule has 0 saturated carbocycles. The van der Waals surface area contributed by atoms with Gasteiger partial charge >= 0.3 is 5.00 Å². The van der Waals surface area contributed by atoms with Gasteiger partial charge in [0.25, 0.3) is 0 Å². The first-order valence-corrected chi connectivity index (χ1v) is 7.23. The Morgan fingerprint density at radius 3 is 2.76 bits per heavy atom. The summed E-state index contributed by atoms with van der Waals surface area (Å²) in [5.74, 6) is -0.257. The molecule has 1 aromatic carbocycles. The average Bonchev–Trinajstić information content (AvgIpc) is 2.95. The number of benzene rings is 1. The lowest BCUT2D eigenvalue weighted by Gasteiger charge is -2.07. The van der Waals surface area contributed by atoms with E-state index in [2.05, 4.69) is 5.32 Å². The maximum absolute atomic E-state index is 11.9. The molecule has 0 spiro atoms. The number of nitrogens with zero attached hydrogens (tertiary/aromatic N) is 1. The molecule has 0 aliphatic heterocycles. The SMILES string of the molecule is CCc1ccccc1NC(=O)/C=C/c1ccc([N+](=O)[O-])s1. The van der Waals surface area contributed by atoms with Gasteiger partial charge in [0.2, 0.25) is 5.91 Å². The molecule has 2 aromatic rings. The van der Waals surface area contributed by atoms with Gasteiger partial charge in [-0.2, -0.15) is 0 Å². The number of nitrogens with one attached hydrogen (secondary N) is 1. The second kappa shape index (κ2) is 6.81. The molecule has 6 heteroatoms. The van der Waals surface area contributed by atoms with E-state index >= 15 is 0 Å². The molecule has 21 heavy (non-hydrogen) atoms. The second-order valence-corrected chi connectivity index (χ2v) is 5.36. The van der Waals surface area contributed by atoms with Gasteiger partial charge in [-0.15, -0.1) is 0 Å². The van der Waals surface area contributed by atoms with Crippen molar-refractivity contribution in [3.63, 3.8) is 0 Å². The van der Waals surface area contributed by atoms with Crippen molar-refractivity contribution in [1.82, 2.24) is 0 Å². The van der Waals surface area contributed by atoms with Gasteiger partial charge in [0.05, 0.1) is 4.92 Å². The molecule has 1 heterocycles. The Bertz CT molecular complexity index is 692. The van der Waals surface area contributed by atoms with Crippen molar-refractivity contribution in [2.75, 3.05) is 5.32 Å². The van der Waals surface area contributed by atoms with Crippen molar-refractivity contribution in [3.8, 4) is 0 Å². The summed E-state index contributed by atoms with van der Waals surface area (Å²) in [5, 5.41) is 13.4. The van der Waals surface area contributed by atoms with Crippen molar-refractivity contribution >= 4 is 34.0 Å². The zero-order chi connectivity index (χ0) is 15.2. The van der Waals surface area contributed by atoms with Crippen molar-refractivity contribution in [1.29, 1.82) is 0 Å². The van der Waals surface area contributed by atoms with Crippen LogP contribution in [0.1, 0.15) is 17.4 Å². The summed E-state index contributed by atoms with van der Waals surface area (Å²) in [5.41, 5.74) is 1.85. The number of hydrogen-bond acceptors (Lipinski definition) is 4. The summed E-state index contributed by atoms with van der Waals surface area (Å²) in [4.78, 5) is 22.7. The molecule has 1 N–H and O–H groups in total. The summed E-state index contributed by atoms with van der Waals surface area (Å²) >= 11 is 1.03. The number of amides is 1. The number of aryl methyl sites for hydroxylation is 1. The third kappa shape index (κ3) is 4.00. The molecule has 0 radical (unpaired) electrons. The molecule has 1 amide bonds. The number of carbonyl (C=O) groups excluding carboxylic acids is 1. The van der Waals surface area contributed by atoms with Crippen LogP contribution in [0.5, 0.6) is 0 Å². The molecule has 0 aliphatic carbocycles. The first kappa shape index (κ1) is 14.9. The molecule has 0 aliphatic rings. The molecule has 0 unspecified atom stereocenters. The van der Waals surface area contributed by atoms with Crippen LogP contribution >= 0.6 is 11.3 Å². The van der Waals surface area contributed by atoms with Gasteiger partial charge in [0.1, 0.15) is 0 Å². The van der Waals surface area contributed by atoms with Crippen LogP contribution in [-0.4, -0.2) is 10.8 Å². The van der Waals surface area contributed by atoms with Crippen LogP contribution in [0.15, 0.2) is 42.5 Å². The standard InChI is InChI=1S/C15H14N2O3S/c1-2-11-5-3-4-6-13(11)16-14(18)9-7-12-8-10-15(21-12)17(19)20/h3-10H,2H2,1H3,(H,16,18)/b9-7+. The summed E-state index contributed by atoms with van der Waals surface area (Å²) in [6.45, 7) is 2.02. The number of hydrogen-bond donors (Lipinski definition) is 1. The molecule has 0 bridgehead atoms. The summed E-state index contributed by atoms with van der Waals surface area (Å²) in [6, 6.07) is 10.6. The Labute approximate surface area is 126 Å². The van der Waals surface area contributed by atoms with Crippen LogP contribution in [0.4, 0.5) is 10.7 Å². The Morgan fingerprint density at radius 1 is 1.33 bits per heavy atom. The van der Waals surface area contributed by atoms with Crippen molar-refractivity contribution < 1.29 is 9.72 Å². The Hall–Kier alpha value is -2.47. The van der Waals surface area contributed by atoms with Gasteiger partial charge < -0.3 is 5.32 Å². The Balaban J connectivity index is 2.03. The predicted octanol–water partition coefficient (Wildman–Crippen LogP) is 3.87. The largest absolute Gasteiger partial charge is 0.324 e. The van der Waals surface area contributed by atoms with E-state index in [9.17, 15) is 14.9 Å². The minimum Gasteiger partial charge on any atom is -0.322 e. The highest BCUT2D eigenvalue weighted by molar-refractivity contribution is 7.16. The predicted molar refractivity (Wildman–Crippen MR) is 84.5 cm³/mol. The first-order valence-electron chi connectivity index (χ1n) is 6.41. The number of para-hydroxylation sites is 1. The lowest BCUT2D eigenvalue weighted by atomic mass is 10.1. The molecule has 2 rings (SSSR count). The Kier molecular flexibility index (Phi) is 4.84. The van der Waals surface area contributed by atoms with E-state index in [-0.39, 0.29) is 10.9 Å². The quantitative estimate of drug-likeness (QED) is 0.517. The first-order chi connectivity index (χ1) is 10.1. The number of anilines is 1. The van der Waals surface area contributed by atoms with Crippen LogP contribution in [0.3, 0.4) is 0 Å². The number of thiophene rings is 1. The maximum Gasteiger partial charge on any atom is 0.324 e. The molecule has 1 aromatic heterocycles. The van der Waals surface area contributed by atoms with Crippen LogP contribution in [0.25, 0.3) is 6.08 Å². The van der Waals surface area contributed by atoms with Crippen LogP contribution in [0, 0.1) is 10.1 Å². The van der Waals surface area contributed by atoms with Crippen LogP contribution in [0.2, 0.25) is 0 Å². The topological polar surface area (TPSA) is 72.2 Å². The minimum atomic E-state index is -0.445. The summed E-state index contributed by atoms with van der Waals surface area (Å²) in [6.07, 6.45) is 3.78. The van der Waals surface area contributed by atoms with Gasteiger partial charge in [-0.1, -0.05) is 36.5 Å². The highest BCUT2D eigenvalue weighted by Gasteiger charge is 2.08. The van der Waals surface area contributed by atoms with Crippen molar-refractivity contribution in [3.05, 3.63) is 63.0 Å². The average molecular weight is 302 g/mol. The molecular weight excluding hydrogens is 288 g/mol. The molecule has 108 valence electrons. The maximum atomic E-state index is 11.9. The van der Waals surface area contributed by atoms with E-state index < -0.39 is 4.92 Å². The Morgan fingerprint density at radius 2 is 2.10 bits per heavy atom. The van der Waals surface area contributed by atoms with Crippen molar-refractivity contribution in [2.24, 2.45) is 0 Å². The van der Waals surface area contributed by atoms with Crippen LogP contribution < -0.4 is 5.32 Å². The zero-order valence-electron chi connectivity index (χ0n) is 11.4. The molecular formula is C15H14N2O3S. The smallest absolute Gasteiger partial charge is 0.322 e. The van der Waals surface area contributed by atoms with Gasteiger partial charge in [0, 0.05) is 22.7 Å². The molecule has 0 saturated heterocycles. The summed E-state index contributed by atoms with van der Waals surface area (Å²) in [7, 11) is 0. The number of rotatable bonds is 5. The third-order valence-electron chi connectivity index (χ3n) is 2.85. The fraction of sp³-hybridized carbons (Fsp3) is 0.133. The fourth-order valence-corrected chi connectivity index (χ4v) is 2.54. The fourth-order valence-electron chi connectivity index (χ4n) is 1.81. The highest BCUT2D eigenvalue weighted by atomic mass is 32.1. The third-order valence-corrected chi connectivity index (χ3v) is 3.85. The van der Waals surface area contributed by atoms with Gasteiger partial charge in [-0.25, -0.2) is 0 Å². The minimum absolute atomic E-state index is 0.0615. The van der Waals surface area contributed by atoms with E-state index in [0.717, 1.165) is 29.0 Å². The van der Waals surface area contributed by atoms with Crippen molar-refractivity contribution in [2.45, 2.75) is 13.3 Å². The monoisotopic (exact) mass is 302 g/mol. The summed E-state index contributed by atoms with van der Waals surface area (Å²) < 4.78 is 0. The van der Waals surface area contributed by atoms with Crippen LogP contribution in [-0.2, 0) is 11.2 Å². The van der Waals surface area contributed by atoms with E-state index in [4.69, 9.17) is 0 Å². The lowest BCUT2D eigenvalue weighted by Crippen LogP contribution is -2.09. The molecule has 0 fully saturated rings. The molecule has 0 atom stereocenters. The normalized spacial score (nSPS) is 10.7.